The molecule has 0 saturated heterocycles. The van der Waals surface area contributed by atoms with Crippen molar-refractivity contribution in [1.29, 1.82) is 0 Å². The van der Waals surface area contributed by atoms with E-state index in [0.29, 0.717) is 5.11 Å². The average molecular weight is 310 g/mol. The van der Waals surface area contributed by atoms with Crippen LogP contribution in [-0.4, -0.2) is 15.1 Å². The van der Waals surface area contributed by atoms with Crippen molar-refractivity contribution in [2.24, 2.45) is 0 Å². The maximum Gasteiger partial charge on any atom is 0.175 e. The van der Waals surface area contributed by atoms with Gasteiger partial charge in [-0.2, -0.15) is 0 Å². The van der Waals surface area contributed by atoms with E-state index in [1.165, 1.54) is 0 Å². The predicted molar refractivity (Wildman–Crippen MR) is 96.5 cm³/mol. The van der Waals surface area contributed by atoms with Gasteiger partial charge < -0.3 is 15.6 Å². The monoisotopic (exact) mass is 310 g/mol. The number of aromatic nitrogens is 2. The van der Waals surface area contributed by atoms with E-state index in [-0.39, 0.29) is 0 Å². The average Bonchev–Trinajstić information content (AvgIpc) is 2.92. The van der Waals surface area contributed by atoms with E-state index >= 15 is 0 Å². The summed E-state index contributed by atoms with van der Waals surface area (Å²) in [7, 11) is 0. The summed E-state index contributed by atoms with van der Waals surface area (Å²) in [5, 5.41) is 7.00. The second kappa shape index (κ2) is 6.15. The fourth-order valence-electron chi connectivity index (χ4n) is 2.31. The zero-order valence-electron chi connectivity index (χ0n) is 12.6. The van der Waals surface area contributed by atoms with E-state index in [2.05, 4.69) is 27.5 Å². The summed E-state index contributed by atoms with van der Waals surface area (Å²) < 4.78 is 0. The number of benzene rings is 2. The lowest BCUT2D eigenvalue weighted by molar-refractivity contribution is 1.00. The van der Waals surface area contributed by atoms with Crippen molar-refractivity contribution >= 4 is 39.7 Å². The van der Waals surface area contributed by atoms with Crippen molar-refractivity contribution in [1.82, 2.24) is 9.97 Å². The quantitative estimate of drug-likeness (QED) is 0.633. The number of aromatic amines is 1. The van der Waals surface area contributed by atoms with E-state index in [0.717, 1.165) is 40.2 Å². The molecule has 2 aromatic carbocycles. The van der Waals surface area contributed by atoms with Gasteiger partial charge in [0.05, 0.1) is 11.0 Å². The number of para-hydroxylation sites is 1. The topological polar surface area (TPSA) is 52.7 Å². The summed E-state index contributed by atoms with van der Waals surface area (Å²) >= 11 is 5.38. The maximum absolute atomic E-state index is 5.38. The van der Waals surface area contributed by atoms with Crippen LogP contribution in [0.4, 0.5) is 11.4 Å². The first-order chi connectivity index (χ1) is 10.7. The van der Waals surface area contributed by atoms with Crippen LogP contribution in [0.15, 0.2) is 42.5 Å². The molecule has 1 aromatic heterocycles. The number of fused-ring (bicyclic) bond motifs is 1. The molecule has 0 amide bonds. The van der Waals surface area contributed by atoms with Gasteiger partial charge in [0.15, 0.2) is 5.11 Å². The predicted octanol–water partition coefficient (Wildman–Crippen LogP) is 4.24. The number of aryl methyl sites for hydroxylation is 2. The molecule has 3 rings (SSSR count). The molecule has 0 atom stereocenters. The van der Waals surface area contributed by atoms with Gasteiger partial charge in [0, 0.05) is 17.8 Å². The molecule has 22 heavy (non-hydrogen) atoms. The number of H-pyrrole nitrogens is 1. The highest BCUT2D eigenvalue weighted by Crippen LogP contribution is 2.18. The van der Waals surface area contributed by atoms with Crippen LogP contribution in [-0.2, 0) is 6.42 Å². The third kappa shape index (κ3) is 3.09. The molecule has 0 bridgehead atoms. The molecule has 5 heteroatoms. The summed E-state index contributed by atoms with van der Waals surface area (Å²) in [4.78, 5) is 7.80. The molecule has 1 heterocycles. The number of nitrogens with one attached hydrogen (secondary N) is 3. The summed E-state index contributed by atoms with van der Waals surface area (Å²) in [6.07, 6.45) is 0.894. The van der Waals surface area contributed by atoms with E-state index < -0.39 is 0 Å². The standard InChI is InChI=1S/C17H18N4S/c1-3-16-19-14-9-8-12(10-15(14)20-16)18-17(22)21-13-7-5-4-6-11(13)2/h4-10H,3H2,1-2H3,(H,19,20)(H2,18,21,22). The first kappa shape index (κ1) is 14.5. The molecule has 3 N–H and O–H groups in total. The van der Waals surface area contributed by atoms with Crippen molar-refractivity contribution in [3.8, 4) is 0 Å². The number of rotatable bonds is 3. The van der Waals surface area contributed by atoms with Crippen LogP contribution in [0.2, 0.25) is 0 Å². The van der Waals surface area contributed by atoms with E-state index in [4.69, 9.17) is 12.2 Å². The third-order valence-electron chi connectivity index (χ3n) is 3.52. The third-order valence-corrected chi connectivity index (χ3v) is 3.72. The second-order valence-electron chi connectivity index (χ2n) is 5.16. The Balaban J connectivity index is 1.75. The Labute approximate surface area is 135 Å². The van der Waals surface area contributed by atoms with Gasteiger partial charge in [-0.1, -0.05) is 25.1 Å². The zero-order chi connectivity index (χ0) is 15.5. The number of nitrogens with zero attached hydrogens (tertiary/aromatic N) is 1. The van der Waals surface area contributed by atoms with Gasteiger partial charge in [0.25, 0.3) is 0 Å². The molecule has 0 aliphatic rings. The summed E-state index contributed by atoms with van der Waals surface area (Å²) in [6, 6.07) is 14.0. The molecule has 0 aliphatic carbocycles. The molecule has 3 aromatic rings. The number of anilines is 2. The molecule has 4 nitrogen and oxygen atoms in total. The van der Waals surface area contributed by atoms with Gasteiger partial charge in [0.2, 0.25) is 0 Å². The fraction of sp³-hybridized carbons (Fsp3) is 0.176. The highest BCUT2D eigenvalue weighted by Gasteiger charge is 2.04. The Morgan fingerprint density at radius 1 is 1.18 bits per heavy atom. The summed E-state index contributed by atoms with van der Waals surface area (Å²) in [5.74, 6) is 0.993. The minimum atomic E-state index is 0.573. The second-order valence-corrected chi connectivity index (χ2v) is 5.57. The lowest BCUT2D eigenvalue weighted by atomic mass is 10.2. The normalized spacial score (nSPS) is 10.6. The highest BCUT2D eigenvalue weighted by atomic mass is 32.1. The van der Waals surface area contributed by atoms with Crippen LogP contribution in [0.5, 0.6) is 0 Å². The Bertz CT molecular complexity index is 822. The van der Waals surface area contributed by atoms with Crippen molar-refractivity contribution in [2.45, 2.75) is 20.3 Å². The largest absolute Gasteiger partial charge is 0.342 e. The van der Waals surface area contributed by atoms with Crippen molar-refractivity contribution in [3.63, 3.8) is 0 Å². The van der Waals surface area contributed by atoms with E-state index in [1.54, 1.807) is 0 Å². The lowest BCUT2D eigenvalue weighted by Crippen LogP contribution is -2.19. The van der Waals surface area contributed by atoms with Crippen molar-refractivity contribution in [3.05, 3.63) is 53.9 Å². The van der Waals surface area contributed by atoms with Gasteiger partial charge in [-0.05, 0) is 49.0 Å². The SMILES string of the molecule is CCc1nc2ccc(NC(=S)Nc3ccccc3C)cc2[nH]1. The van der Waals surface area contributed by atoms with Crippen molar-refractivity contribution < 1.29 is 0 Å². The molecule has 0 unspecified atom stereocenters. The number of hydrogen-bond donors (Lipinski definition) is 3. The van der Waals surface area contributed by atoms with E-state index in [1.807, 2.05) is 49.4 Å². The number of imidazole rings is 1. The first-order valence-electron chi connectivity index (χ1n) is 7.28. The van der Waals surface area contributed by atoms with Crippen LogP contribution >= 0.6 is 12.2 Å². The molecule has 0 saturated carbocycles. The molecule has 0 spiro atoms. The van der Waals surface area contributed by atoms with E-state index in [9.17, 15) is 0 Å². The molecular weight excluding hydrogens is 292 g/mol. The van der Waals surface area contributed by atoms with Gasteiger partial charge in [-0.25, -0.2) is 4.98 Å². The van der Waals surface area contributed by atoms with Crippen LogP contribution in [0.1, 0.15) is 18.3 Å². The minimum Gasteiger partial charge on any atom is -0.342 e. The van der Waals surface area contributed by atoms with Gasteiger partial charge in [-0.3, -0.25) is 0 Å². The molecule has 0 radical (unpaired) electrons. The molecule has 0 aliphatic heterocycles. The van der Waals surface area contributed by atoms with Crippen molar-refractivity contribution in [2.75, 3.05) is 10.6 Å². The number of thiocarbonyl (C=S) groups is 1. The Morgan fingerprint density at radius 3 is 2.77 bits per heavy atom. The van der Waals surface area contributed by atoms with Crippen LogP contribution in [0.25, 0.3) is 11.0 Å². The fourth-order valence-corrected chi connectivity index (χ4v) is 2.53. The van der Waals surface area contributed by atoms with Gasteiger partial charge in [0.1, 0.15) is 5.82 Å². The molecule has 112 valence electrons. The lowest BCUT2D eigenvalue weighted by Gasteiger charge is -2.12. The summed E-state index contributed by atoms with van der Waals surface area (Å²) in [5.41, 5.74) is 5.09. The minimum absolute atomic E-state index is 0.573. The maximum atomic E-state index is 5.38. The summed E-state index contributed by atoms with van der Waals surface area (Å²) in [6.45, 7) is 4.13. The smallest absolute Gasteiger partial charge is 0.175 e. The number of hydrogen-bond acceptors (Lipinski definition) is 2. The zero-order valence-corrected chi connectivity index (χ0v) is 13.4. The molecular formula is C17H18N4S. The van der Waals surface area contributed by atoms with Crippen LogP contribution < -0.4 is 10.6 Å². The molecule has 0 fully saturated rings. The Kier molecular flexibility index (Phi) is 4.06. The Hall–Kier alpha value is -2.40. The van der Waals surface area contributed by atoms with Crippen LogP contribution in [0, 0.1) is 6.92 Å². The van der Waals surface area contributed by atoms with Gasteiger partial charge >= 0.3 is 0 Å². The highest BCUT2D eigenvalue weighted by molar-refractivity contribution is 7.80. The Morgan fingerprint density at radius 2 is 2.00 bits per heavy atom. The van der Waals surface area contributed by atoms with Crippen LogP contribution in [0.3, 0.4) is 0 Å². The van der Waals surface area contributed by atoms with Gasteiger partial charge in [-0.15, -0.1) is 0 Å². The first-order valence-corrected chi connectivity index (χ1v) is 7.69.